The molecular weight excluding hydrogens is 390 g/mol. The van der Waals surface area contributed by atoms with Gasteiger partial charge >= 0.3 is 5.97 Å². The van der Waals surface area contributed by atoms with Crippen molar-refractivity contribution in [2.45, 2.75) is 9.79 Å². The summed E-state index contributed by atoms with van der Waals surface area (Å²) < 4.78 is 10.2. The molecule has 0 bridgehead atoms. The van der Waals surface area contributed by atoms with Crippen LogP contribution in [0.5, 0.6) is 11.5 Å². The molecule has 0 radical (unpaired) electrons. The van der Waals surface area contributed by atoms with Crippen LogP contribution < -0.4 is 9.64 Å². The van der Waals surface area contributed by atoms with Gasteiger partial charge in [0.05, 0.1) is 18.5 Å². The molecule has 7 heteroatoms. The highest BCUT2D eigenvalue weighted by molar-refractivity contribution is 7.99. The third-order valence-electron chi connectivity index (χ3n) is 4.43. The Bertz CT molecular complexity index is 1050. The third-order valence-corrected chi connectivity index (χ3v) is 5.56. The van der Waals surface area contributed by atoms with Gasteiger partial charge in [0.15, 0.2) is 6.61 Å². The van der Waals surface area contributed by atoms with Crippen LogP contribution in [0.4, 0.5) is 11.4 Å². The minimum Gasteiger partial charge on any atom is -0.507 e. The minimum atomic E-state index is -0.786. The molecule has 0 saturated heterocycles. The monoisotopic (exact) mass is 407 g/mol. The fourth-order valence-corrected chi connectivity index (χ4v) is 4.11. The van der Waals surface area contributed by atoms with Crippen molar-refractivity contribution < 1.29 is 24.2 Å². The standard InChI is InChI=1S/C22H17NO5S/c1-27-14-10-11-15(18(24)12-14)22(26)28-13-21(25)23-16-6-2-4-8-19(16)29-20-9-5-3-7-17(20)23/h2-12,24H,13H2,1H3. The molecule has 29 heavy (non-hydrogen) atoms. The zero-order valence-electron chi connectivity index (χ0n) is 15.5. The lowest BCUT2D eigenvalue weighted by Crippen LogP contribution is -2.32. The van der Waals surface area contributed by atoms with Crippen molar-refractivity contribution in [3.63, 3.8) is 0 Å². The van der Waals surface area contributed by atoms with Gasteiger partial charge in [-0.25, -0.2) is 4.79 Å². The molecule has 1 N–H and O–H groups in total. The Balaban J connectivity index is 1.56. The van der Waals surface area contributed by atoms with Gasteiger partial charge in [-0.2, -0.15) is 0 Å². The average Bonchev–Trinajstić information content (AvgIpc) is 2.75. The number of rotatable bonds is 4. The van der Waals surface area contributed by atoms with Gasteiger partial charge in [-0.15, -0.1) is 0 Å². The maximum Gasteiger partial charge on any atom is 0.342 e. The molecule has 1 amide bonds. The molecule has 0 aromatic heterocycles. The highest BCUT2D eigenvalue weighted by Crippen LogP contribution is 2.47. The predicted octanol–water partition coefficient (Wildman–Crippen LogP) is 4.39. The lowest BCUT2D eigenvalue weighted by atomic mass is 10.2. The van der Waals surface area contributed by atoms with Crippen LogP contribution in [0.3, 0.4) is 0 Å². The van der Waals surface area contributed by atoms with E-state index in [9.17, 15) is 14.7 Å². The van der Waals surface area contributed by atoms with E-state index in [0.717, 1.165) is 21.2 Å². The molecule has 0 unspecified atom stereocenters. The fraction of sp³-hybridized carbons (Fsp3) is 0.0909. The van der Waals surface area contributed by atoms with Gasteiger partial charge in [-0.3, -0.25) is 9.69 Å². The van der Waals surface area contributed by atoms with Crippen molar-refractivity contribution in [2.24, 2.45) is 0 Å². The molecule has 1 heterocycles. The number of ether oxygens (including phenoxy) is 2. The summed E-state index contributed by atoms with van der Waals surface area (Å²) in [4.78, 5) is 28.8. The topological polar surface area (TPSA) is 76.1 Å². The second kappa shape index (κ2) is 7.89. The minimum absolute atomic E-state index is 0.0337. The van der Waals surface area contributed by atoms with Crippen LogP contribution in [-0.2, 0) is 9.53 Å². The Morgan fingerprint density at radius 2 is 1.59 bits per heavy atom. The van der Waals surface area contributed by atoms with Crippen LogP contribution in [0.2, 0.25) is 0 Å². The second-order valence-corrected chi connectivity index (χ2v) is 7.31. The summed E-state index contributed by atoms with van der Waals surface area (Å²) in [7, 11) is 1.46. The number of methoxy groups -OCH3 is 1. The first kappa shape index (κ1) is 18.9. The molecule has 3 aromatic carbocycles. The molecule has 146 valence electrons. The molecule has 0 aliphatic carbocycles. The zero-order valence-corrected chi connectivity index (χ0v) is 16.3. The van der Waals surface area contributed by atoms with Gasteiger partial charge in [-0.1, -0.05) is 36.0 Å². The number of hydrogen-bond donors (Lipinski definition) is 1. The van der Waals surface area contributed by atoms with Crippen molar-refractivity contribution in [1.82, 2.24) is 0 Å². The number of nitrogens with zero attached hydrogens (tertiary/aromatic N) is 1. The Morgan fingerprint density at radius 1 is 0.966 bits per heavy atom. The van der Waals surface area contributed by atoms with Crippen LogP contribution in [0.15, 0.2) is 76.5 Å². The zero-order chi connectivity index (χ0) is 20.4. The van der Waals surface area contributed by atoms with E-state index in [4.69, 9.17) is 9.47 Å². The van der Waals surface area contributed by atoms with E-state index in [-0.39, 0.29) is 17.2 Å². The van der Waals surface area contributed by atoms with Crippen molar-refractivity contribution >= 4 is 35.0 Å². The molecule has 1 aliphatic rings. The molecule has 3 aromatic rings. The summed E-state index contributed by atoms with van der Waals surface area (Å²) in [6.45, 7) is -0.461. The number of carbonyl (C=O) groups is 2. The first-order valence-electron chi connectivity index (χ1n) is 8.81. The Morgan fingerprint density at radius 3 is 2.17 bits per heavy atom. The van der Waals surface area contributed by atoms with Crippen LogP contribution in [0.1, 0.15) is 10.4 Å². The number of phenolic OH excluding ortho intramolecular Hbond substituents is 1. The number of para-hydroxylation sites is 2. The summed E-state index contributed by atoms with van der Waals surface area (Å²) in [6.07, 6.45) is 0. The molecule has 0 atom stereocenters. The van der Waals surface area contributed by atoms with Crippen molar-refractivity contribution in [2.75, 3.05) is 18.6 Å². The summed E-state index contributed by atoms with van der Waals surface area (Å²) in [5.74, 6) is -1.03. The number of amides is 1. The summed E-state index contributed by atoms with van der Waals surface area (Å²) in [6, 6.07) is 19.4. The molecule has 0 spiro atoms. The Hall–Kier alpha value is -3.45. The first-order chi connectivity index (χ1) is 14.1. The fourth-order valence-electron chi connectivity index (χ4n) is 3.05. The molecule has 4 rings (SSSR count). The number of anilines is 2. The quantitative estimate of drug-likeness (QED) is 0.647. The molecule has 0 saturated carbocycles. The predicted molar refractivity (Wildman–Crippen MR) is 109 cm³/mol. The largest absolute Gasteiger partial charge is 0.507 e. The highest BCUT2D eigenvalue weighted by atomic mass is 32.2. The van der Waals surface area contributed by atoms with Gasteiger partial charge in [0, 0.05) is 15.9 Å². The number of carbonyl (C=O) groups excluding carboxylic acids is 2. The van der Waals surface area contributed by atoms with Gasteiger partial charge in [0.25, 0.3) is 5.91 Å². The number of benzene rings is 3. The Kier molecular flexibility index (Phi) is 5.14. The van der Waals surface area contributed by atoms with E-state index in [1.807, 2.05) is 48.5 Å². The van der Waals surface area contributed by atoms with E-state index in [1.54, 1.807) is 16.7 Å². The van der Waals surface area contributed by atoms with Crippen LogP contribution in [0.25, 0.3) is 0 Å². The van der Waals surface area contributed by atoms with Gasteiger partial charge in [-0.05, 0) is 36.4 Å². The lowest BCUT2D eigenvalue weighted by molar-refractivity contribution is -0.121. The maximum atomic E-state index is 13.0. The van der Waals surface area contributed by atoms with E-state index in [2.05, 4.69) is 0 Å². The normalized spacial score (nSPS) is 12.0. The van der Waals surface area contributed by atoms with E-state index >= 15 is 0 Å². The number of phenols is 1. The van der Waals surface area contributed by atoms with Crippen LogP contribution in [0, 0.1) is 0 Å². The molecule has 0 fully saturated rings. The first-order valence-corrected chi connectivity index (χ1v) is 9.63. The SMILES string of the molecule is COc1ccc(C(=O)OCC(=O)N2c3ccccc3Sc3ccccc32)c(O)c1. The molecule has 6 nitrogen and oxygen atoms in total. The van der Waals surface area contributed by atoms with Gasteiger partial charge < -0.3 is 14.6 Å². The van der Waals surface area contributed by atoms with E-state index < -0.39 is 12.6 Å². The number of aromatic hydroxyl groups is 1. The van der Waals surface area contributed by atoms with Gasteiger partial charge in [0.1, 0.15) is 17.1 Å². The smallest absolute Gasteiger partial charge is 0.342 e. The summed E-state index contributed by atoms with van der Waals surface area (Å²) in [5.41, 5.74) is 1.45. The van der Waals surface area contributed by atoms with E-state index in [0.29, 0.717) is 5.75 Å². The number of hydrogen-bond acceptors (Lipinski definition) is 6. The van der Waals surface area contributed by atoms with Gasteiger partial charge in [0.2, 0.25) is 0 Å². The van der Waals surface area contributed by atoms with Crippen molar-refractivity contribution in [3.8, 4) is 11.5 Å². The second-order valence-electron chi connectivity index (χ2n) is 6.23. The summed E-state index contributed by atoms with van der Waals surface area (Å²) in [5, 5.41) is 9.99. The van der Waals surface area contributed by atoms with Crippen LogP contribution >= 0.6 is 11.8 Å². The maximum absolute atomic E-state index is 13.0. The summed E-state index contributed by atoms with van der Waals surface area (Å²) >= 11 is 1.58. The average molecular weight is 407 g/mol. The Labute approximate surface area is 171 Å². The van der Waals surface area contributed by atoms with Crippen LogP contribution in [-0.4, -0.2) is 30.7 Å². The van der Waals surface area contributed by atoms with Crippen molar-refractivity contribution in [3.05, 3.63) is 72.3 Å². The lowest BCUT2D eigenvalue weighted by Gasteiger charge is -2.30. The highest BCUT2D eigenvalue weighted by Gasteiger charge is 2.28. The molecular formula is C22H17NO5S. The van der Waals surface area contributed by atoms with E-state index in [1.165, 1.54) is 25.3 Å². The molecule has 1 aliphatic heterocycles. The number of fused-ring (bicyclic) bond motifs is 2. The van der Waals surface area contributed by atoms with Crippen molar-refractivity contribution in [1.29, 1.82) is 0 Å². The number of esters is 1. The third kappa shape index (κ3) is 3.64.